The van der Waals surface area contributed by atoms with Crippen molar-refractivity contribution in [3.63, 3.8) is 0 Å². The van der Waals surface area contributed by atoms with Crippen LogP contribution in [0.25, 0.3) is 0 Å². The van der Waals surface area contributed by atoms with Gasteiger partial charge in [0.25, 0.3) is 0 Å². The van der Waals surface area contributed by atoms with Crippen LogP contribution >= 0.6 is 0 Å². The standard InChI is InChI=1S/C10H21N2O2/c11-10-1-4-12(5-2-10,6-3-10)7-9(14)8-13/h9,13-14H,1-8,11H2/q+1. The summed E-state index contributed by atoms with van der Waals surface area (Å²) in [6.45, 7) is 3.81. The molecule has 3 saturated heterocycles. The van der Waals surface area contributed by atoms with Gasteiger partial charge in [0.1, 0.15) is 12.6 Å². The molecule has 1 atom stereocenters. The molecule has 2 bridgehead atoms. The van der Waals surface area contributed by atoms with Crippen molar-refractivity contribution in [2.45, 2.75) is 30.9 Å². The lowest BCUT2D eigenvalue weighted by Gasteiger charge is -2.53. The lowest BCUT2D eigenvalue weighted by atomic mass is 9.79. The molecule has 3 rings (SSSR count). The average molecular weight is 201 g/mol. The lowest BCUT2D eigenvalue weighted by molar-refractivity contribution is -0.945. The first-order valence-corrected chi connectivity index (χ1v) is 5.51. The molecule has 3 aliphatic heterocycles. The van der Waals surface area contributed by atoms with Gasteiger partial charge >= 0.3 is 0 Å². The van der Waals surface area contributed by atoms with Crippen LogP contribution in [0.5, 0.6) is 0 Å². The number of aliphatic hydroxyl groups is 2. The minimum absolute atomic E-state index is 0.0875. The number of nitrogens with zero attached hydrogens (tertiary/aromatic N) is 1. The van der Waals surface area contributed by atoms with E-state index < -0.39 is 6.10 Å². The van der Waals surface area contributed by atoms with Gasteiger partial charge in [-0.15, -0.1) is 0 Å². The number of hydrogen-bond donors (Lipinski definition) is 3. The van der Waals surface area contributed by atoms with E-state index in [1.165, 1.54) is 0 Å². The van der Waals surface area contributed by atoms with E-state index >= 15 is 0 Å². The highest BCUT2D eigenvalue weighted by molar-refractivity contribution is 4.91. The predicted octanol–water partition coefficient (Wildman–Crippen LogP) is -0.949. The van der Waals surface area contributed by atoms with Gasteiger partial charge < -0.3 is 20.4 Å². The van der Waals surface area contributed by atoms with Crippen molar-refractivity contribution in [1.82, 2.24) is 0 Å². The van der Waals surface area contributed by atoms with Crippen LogP contribution in [0, 0.1) is 0 Å². The Kier molecular flexibility index (Phi) is 2.55. The maximum Gasteiger partial charge on any atom is 0.126 e. The van der Waals surface area contributed by atoms with E-state index in [0.29, 0.717) is 6.54 Å². The number of hydrogen-bond acceptors (Lipinski definition) is 3. The molecule has 0 spiro atoms. The van der Waals surface area contributed by atoms with Gasteiger partial charge in [-0.25, -0.2) is 0 Å². The van der Waals surface area contributed by atoms with Crippen molar-refractivity contribution in [2.24, 2.45) is 5.73 Å². The number of quaternary nitrogens is 1. The Labute approximate surface area is 84.9 Å². The zero-order valence-corrected chi connectivity index (χ0v) is 8.65. The molecular weight excluding hydrogens is 180 g/mol. The van der Waals surface area contributed by atoms with Gasteiger partial charge in [-0.2, -0.15) is 0 Å². The van der Waals surface area contributed by atoms with Crippen molar-refractivity contribution >= 4 is 0 Å². The average Bonchev–Trinajstić information content (AvgIpc) is 2.20. The first-order chi connectivity index (χ1) is 6.58. The highest BCUT2D eigenvalue weighted by Gasteiger charge is 2.47. The maximum atomic E-state index is 9.49. The molecule has 0 aromatic carbocycles. The topological polar surface area (TPSA) is 66.5 Å². The van der Waals surface area contributed by atoms with E-state index in [-0.39, 0.29) is 12.1 Å². The summed E-state index contributed by atoms with van der Waals surface area (Å²) in [5, 5.41) is 18.3. The summed E-state index contributed by atoms with van der Waals surface area (Å²) >= 11 is 0. The zero-order chi connectivity index (χ0) is 10.2. The predicted molar refractivity (Wildman–Crippen MR) is 53.6 cm³/mol. The Morgan fingerprint density at radius 3 is 2.14 bits per heavy atom. The molecule has 3 fully saturated rings. The van der Waals surface area contributed by atoms with Gasteiger partial charge in [0.15, 0.2) is 0 Å². The summed E-state index contributed by atoms with van der Waals surface area (Å²) < 4.78 is 0.973. The van der Waals surface area contributed by atoms with Gasteiger partial charge in [0, 0.05) is 24.8 Å². The quantitative estimate of drug-likeness (QED) is 0.516. The second-order valence-electron chi connectivity index (χ2n) is 5.14. The second-order valence-corrected chi connectivity index (χ2v) is 5.14. The largest absolute Gasteiger partial charge is 0.393 e. The molecule has 4 heteroatoms. The van der Waals surface area contributed by atoms with Gasteiger partial charge in [0.2, 0.25) is 0 Å². The molecule has 0 radical (unpaired) electrons. The smallest absolute Gasteiger partial charge is 0.126 e. The fourth-order valence-electron chi connectivity index (χ4n) is 2.87. The first-order valence-electron chi connectivity index (χ1n) is 5.51. The number of piperidine rings is 3. The van der Waals surface area contributed by atoms with Crippen molar-refractivity contribution in [2.75, 3.05) is 32.8 Å². The summed E-state index contributed by atoms with van der Waals surface area (Å²) in [5.74, 6) is 0. The molecule has 4 N–H and O–H groups in total. The van der Waals surface area contributed by atoms with Crippen LogP contribution in [0.3, 0.4) is 0 Å². The van der Waals surface area contributed by atoms with E-state index in [1.54, 1.807) is 0 Å². The van der Waals surface area contributed by atoms with Crippen molar-refractivity contribution < 1.29 is 14.7 Å². The number of nitrogens with two attached hydrogens (primary N) is 1. The number of aliphatic hydroxyl groups excluding tert-OH is 2. The van der Waals surface area contributed by atoms with Crippen LogP contribution in [0.2, 0.25) is 0 Å². The number of rotatable bonds is 3. The van der Waals surface area contributed by atoms with Gasteiger partial charge in [0.05, 0.1) is 26.2 Å². The van der Waals surface area contributed by atoms with E-state index in [1.807, 2.05) is 0 Å². The molecule has 14 heavy (non-hydrogen) atoms. The maximum absolute atomic E-state index is 9.49. The molecular formula is C10H21N2O2+. The monoisotopic (exact) mass is 201 g/mol. The normalized spacial score (nSPS) is 43.9. The first kappa shape index (κ1) is 10.4. The summed E-state index contributed by atoms with van der Waals surface area (Å²) in [7, 11) is 0. The Morgan fingerprint density at radius 2 is 1.71 bits per heavy atom. The Bertz CT molecular complexity index is 196. The Balaban J connectivity index is 1.98. The van der Waals surface area contributed by atoms with E-state index in [0.717, 1.165) is 43.4 Å². The van der Waals surface area contributed by atoms with Crippen LogP contribution in [0.15, 0.2) is 0 Å². The fraction of sp³-hybridized carbons (Fsp3) is 1.00. The highest BCUT2D eigenvalue weighted by atomic mass is 16.3. The molecule has 4 nitrogen and oxygen atoms in total. The van der Waals surface area contributed by atoms with E-state index in [2.05, 4.69) is 0 Å². The zero-order valence-electron chi connectivity index (χ0n) is 8.65. The fourth-order valence-corrected chi connectivity index (χ4v) is 2.87. The van der Waals surface area contributed by atoms with Gasteiger partial charge in [-0.3, -0.25) is 0 Å². The minimum atomic E-state index is -0.557. The molecule has 82 valence electrons. The molecule has 0 saturated carbocycles. The molecule has 3 aliphatic rings. The lowest BCUT2D eigenvalue weighted by Crippen LogP contribution is -2.68. The third kappa shape index (κ3) is 1.80. The summed E-state index contributed by atoms with van der Waals surface area (Å²) in [6.07, 6.45) is 2.67. The summed E-state index contributed by atoms with van der Waals surface area (Å²) in [6, 6.07) is 0. The van der Waals surface area contributed by atoms with E-state index in [9.17, 15) is 5.11 Å². The molecule has 0 aromatic rings. The second kappa shape index (κ2) is 3.45. The molecule has 0 amide bonds. The van der Waals surface area contributed by atoms with Crippen molar-refractivity contribution in [3.05, 3.63) is 0 Å². The van der Waals surface area contributed by atoms with Crippen molar-refractivity contribution in [1.29, 1.82) is 0 Å². The molecule has 3 heterocycles. The third-order valence-corrected chi connectivity index (χ3v) is 4.06. The van der Waals surface area contributed by atoms with Gasteiger partial charge in [-0.1, -0.05) is 0 Å². The summed E-state index contributed by atoms with van der Waals surface area (Å²) in [5.41, 5.74) is 6.28. The van der Waals surface area contributed by atoms with E-state index in [4.69, 9.17) is 10.8 Å². The number of fused-ring (bicyclic) bond motifs is 3. The SMILES string of the molecule is NC12CC[N+](CC(O)CO)(CC1)CC2. The Hall–Kier alpha value is -0.160. The minimum Gasteiger partial charge on any atom is -0.393 e. The van der Waals surface area contributed by atoms with Crippen LogP contribution < -0.4 is 5.73 Å². The van der Waals surface area contributed by atoms with Crippen LogP contribution in [0.4, 0.5) is 0 Å². The van der Waals surface area contributed by atoms with Crippen molar-refractivity contribution in [3.8, 4) is 0 Å². The molecule has 0 aliphatic carbocycles. The van der Waals surface area contributed by atoms with Crippen LogP contribution in [0.1, 0.15) is 19.3 Å². The third-order valence-electron chi connectivity index (χ3n) is 4.06. The van der Waals surface area contributed by atoms with Gasteiger partial charge in [-0.05, 0) is 0 Å². The molecule has 1 unspecified atom stereocenters. The molecule has 0 aromatic heterocycles. The summed E-state index contributed by atoms with van der Waals surface area (Å²) in [4.78, 5) is 0. The van der Waals surface area contributed by atoms with Crippen LogP contribution in [-0.4, -0.2) is 59.1 Å². The Morgan fingerprint density at radius 1 is 1.21 bits per heavy atom. The highest BCUT2D eigenvalue weighted by Crippen LogP contribution is 2.35. The van der Waals surface area contributed by atoms with Crippen LogP contribution in [-0.2, 0) is 0 Å².